The highest BCUT2D eigenvalue weighted by Crippen LogP contribution is 2.12. The van der Waals surface area contributed by atoms with Crippen LogP contribution in [0.2, 0.25) is 0 Å². The Kier molecular flexibility index (Phi) is 5.83. The summed E-state index contributed by atoms with van der Waals surface area (Å²) in [6, 6.07) is 5.64. The van der Waals surface area contributed by atoms with E-state index in [1.165, 1.54) is 0 Å². The van der Waals surface area contributed by atoms with Crippen LogP contribution in [0.15, 0.2) is 24.4 Å². The molecule has 0 atom stereocenters. The molecule has 112 valence electrons. The zero-order chi connectivity index (χ0) is 14.9. The Morgan fingerprint density at radius 2 is 1.95 bits per heavy atom. The maximum Gasteiger partial charge on any atom is 0.158 e. The van der Waals surface area contributed by atoms with E-state index in [9.17, 15) is 0 Å². The second-order valence-corrected chi connectivity index (χ2v) is 4.29. The van der Waals surface area contributed by atoms with Crippen molar-refractivity contribution in [3.63, 3.8) is 0 Å². The van der Waals surface area contributed by atoms with Crippen molar-refractivity contribution in [1.29, 1.82) is 0 Å². The van der Waals surface area contributed by atoms with Gasteiger partial charge in [-0.05, 0) is 26.0 Å². The minimum atomic E-state index is 0.398. The fraction of sp³-hybridized carbons (Fsp3) is 0.429. The third-order valence-corrected chi connectivity index (χ3v) is 2.64. The summed E-state index contributed by atoms with van der Waals surface area (Å²) < 4.78 is 5.37. The minimum Gasteiger partial charge on any atom is -0.374 e. The SMILES string of the molecule is CCNc1cc(NCc2cccnn2)nc(COCC)n1. The van der Waals surface area contributed by atoms with Gasteiger partial charge in [-0.2, -0.15) is 10.2 Å². The first-order valence-corrected chi connectivity index (χ1v) is 7.01. The van der Waals surface area contributed by atoms with Gasteiger partial charge in [-0.15, -0.1) is 0 Å². The van der Waals surface area contributed by atoms with E-state index < -0.39 is 0 Å². The third kappa shape index (κ3) is 4.96. The lowest BCUT2D eigenvalue weighted by Gasteiger charge is -2.10. The van der Waals surface area contributed by atoms with Gasteiger partial charge in [0.25, 0.3) is 0 Å². The lowest BCUT2D eigenvalue weighted by atomic mass is 10.4. The molecule has 2 aromatic rings. The van der Waals surface area contributed by atoms with E-state index in [1.807, 2.05) is 32.0 Å². The van der Waals surface area contributed by atoms with E-state index in [4.69, 9.17) is 4.74 Å². The van der Waals surface area contributed by atoms with Gasteiger partial charge in [0.2, 0.25) is 0 Å². The molecule has 21 heavy (non-hydrogen) atoms. The smallest absolute Gasteiger partial charge is 0.158 e. The second-order valence-electron chi connectivity index (χ2n) is 4.29. The highest BCUT2D eigenvalue weighted by molar-refractivity contribution is 5.47. The molecular formula is C14H20N6O. The molecule has 0 amide bonds. The van der Waals surface area contributed by atoms with Crippen molar-refractivity contribution in [1.82, 2.24) is 20.2 Å². The number of ether oxygens (including phenoxy) is 1. The fourth-order valence-corrected chi connectivity index (χ4v) is 1.73. The predicted molar refractivity (Wildman–Crippen MR) is 80.9 cm³/mol. The summed E-state index contributed by atoms with van der Waals surface area (Å²) in [4.78, 5) is 8.83. The van der Waals surface area contributed by atoms with Crippen LogP contribution in [0.4, 0.5) is 11.6 Å². The molecule has 0 aromatic carbocycles. The lowest BCUT2D eigenvalue weighted by molar-refractivity contribution is 0.128. The summed E-state index contributed by atoms with van der Waals surface area (Å²) in [5, 5.41) is 14.3. The summed E-state index contributed by atoms with van der Waals surface area (Å²) in [5.41, 5.74) is 0.854. The molecule has 0 saturated carbocycles. The number of rotatable bonds is 8. The third-order valence-electron chi connectivity index (χ3n) is 2.64. The zero-order valence-electron chi connectivity index (χ0n) is 12.3. The van der Waals surface area contributed by atoms with Crippen molar-refractivity contribution in [2.24, 2.45) is 0 Å². The van der Waals surface area contributed by atoms with Crippen LogP contribution in [0.5, 0.6) is 0 Å². The van der Waals surface area contributed by atoms with E-state index in [0.29, 0.717) is 25.6 Å². The van der Waals surface area contributed by atoms with E-state index >= 15 is 0 Å². The Balaban J connectivity index is 2.07. The standard InChI is InChI=1S/C14H20N6O/c1-3-15-12-8-13(19-14(18-12)10-21-4-2)16-9-11-6-5-7-17-20-11/h5-8H,3-4,9-10H2,1-2H3,(H2,15,16,18,19). The zero-order valence-corrected chi connectivity index (χ0v) is 12.3. The van der Waals surface area contributed by atoms with E-state index in [-0.39, 0.29) is 0 Å². The average molecular weight is 288 g/mol. The summed E-state index contributed by atoms with van der Waals surface area (Å²) >= 11 is 0. The van der Waals surface area contributed by atoms with Gasteiger partial charge in [0, 0.05) is 25.4 Å². The minimum absolute atomic E-state index is 0.398. The van der Waals surface area contributed by atoms with Crippen LogP contribution in [-0.4, -0.2) is 33.3 Å². The Morgan fingerprint density at radius 1 is 1.14 bits per heavy atom. The van der Waals surface area contributed by atoms with E-state index in [2.05, 4.69) is 30.8 Å². The maximum absolute atomic E-state index is 5.37. The van der Waals surface area contributed by atoms with Gasteiger partial charge in [-0.3, -0.25) is 0 Å². The molecule has 0 aliphatic rings. The topological polar surface area (TPSA) is 84.9 Å². The first-order chi connectivity index (χ1) is 10.3. The van der Waals surface area contributed by atoms with Crippen LogP contribution in [0.3, 0.4) is 0 Å². The van der Waals surface area contributed by atoms with Crippen molar-refractivity contribution >= 4 is 11.6 Å². The average Bonchev–Trinajstić information content (AvgIpc) is 2.52. The molecule has 0 radical (unpaired) electrons. The highest BCUT2D eigenvalue weighted by Gasteiger charge is 2.05. The van der Waals surface area contributed by atoms with Crippen LogP contribution in [0.25, 0.3) is 0 Å². The van der Waals surface area contributed by atoms with Gasteiger partial charge in [0.15, 0.2) is 5.82 Å². The highest BCUT2D eigenvalue weighted by atomic mass is 16.5. The quantitative estimate of drug-likeness (QED) is 0.766. The number of aromatic nitrogens is 4. The van der Waals surface area contributed by atoms with Crippen molar-refractivity contribution in [3.05, 3.63) is 35.9 Å². The predicted octanol–water partition coefficient (Wildman–Crippen LogP) is 1.85. The molecule has 7 nitrogen and oxygen atoms in total. The number of nitrogens with zero attached hydrogens (tertiary/aromatic N) is 4. The molecule has 0 saturated heterocycles. The number of nitrogens with one attached hydrogen (secondary N) is 2. The molecule has 2 N–H and O–H groups in total. The summed E-state index contributed by atoms with van der Waals surface area (Å²) in [6.07, 6.45) is 1.65. The van der Waals surface area contributed by atoms with Crippen LogP contribution >= 0.6 is 0 Å². The van der Waals surface area contributed by atoms with E-state index in [0.717, 1.165) is 23.9 Å². The van der Waals surface area contributed by atoms with Gasteiger partial charge >= 0.3 is 0 Å². The van der Waals surface area contributed by atoms with Crippen LogP contribution in [0, 0.1) is 0 Å². The monoisotopic (exact) mass is 288 g/mol. The molecule has 7 heteroatoms. The molecule has 0 aliphatic carbocycles. The molecule has 0 fully saturated rings. The Morgan fingerprint density at radius 3 is 2.62 bits per heavy atom. The van der Waals surface area contributed by atoms with Crippen LogP contribution in [-0.2, 0) is 17.9 Å². The first kappa shape index (κ1) is 15.1. The number of hydrogen-bond donors (Lipinski definition) is 2. The molecule has 0 spiro atoms. The normalized spacial score (nSPS) is 10.4. The van der Waals surface area contributed by atoms with Gasteiger partial charge in [0.05, 0.1) is 12.2 Å². The van der Waals surface area contributed by atoms with Gasteiger partial charge in [-0.1, -0.05) is 0 Å². The fourth-order valence-electron chi connectivity index (χ4n) is 1.73. The van der Waals surface area contributed by atoms with Crippen LogP contribution < -0.4 is 10.6 Å². The number of anilines is 2. The summed E-state index contributed by atoms with van der Waals surface area (Å²) in [6.45, 7) is 6.37. The van der Waals surface area contributed by atoms with Crippen LogP contribution in [0.1, 0.15) is 25.4 Å². The van der Waals surface area contributed by atoms with E-state index in [1.54, 1.807) is 6.20 Å². The van der Waals surface area contributed by atoms with Crippen molar-refractivity contribution in [3.8, 4) is 0 Å². The Hall–Kier alpha value is -2.28. The van der Waals surface area contributed by atoms with Crippen molar-refractivity contribution < 1.29 is 4.74 Å². The van der Waals surface area contributed by atoms with Crippen molar-refractivity contribution in [2.75, 3.05) is 23.8 Å². The Labute approximate surface area is 124 Å². The molecule has 2 heterocycles. The Bertz CT molecular complexity index is 548. The molecule has 0 unspecified atom stereocenters. The first-order valence-electron chi connectivity index (χ1n) is 7.01. The maximum atomic E-state index is 5.37. The molecule has 2 rings (SSSR count). The van der Waals surface area contributed by atoms with Gasteiger partial charge in [-0.25, -0.2) is 9.97 Å². The summed E-state index contributed by atoms with van der Waals surface area (Å²) in [7, 11) is 0. The molecular weight excluding hydrogens is 268 g/mol. The van der Waals surface area contributed by atoms with Crippen molar-refractivity contribution in [2.45, 2.75) is 27.0 Å². The molecule has 2 aromatic heterocycles. The lowest BCUT2D eigenvalue weighted by Crippen LogP contribution is -2.09. The summed E-state index contributed by atoms with van der Waals surface area (Å²) in [5.74, 6) is 2.17. The molecule has 0 bridgehead atoms. The largest absolute Gasteiger partial charge is 0.374 e. The van der Waals surface area contributed by atoms with Gasteiger partial charge in [0.1, 0.15) is 18.2 Å². The second kappa shape index (κ2) is 8.11. The van der Waals surface area contributed by atoms with Gasteiger partial charge < -0.3 is 15.4 Å². The molecule has 0 aliphatic heterocycles. The number of hydrogen-bond acceptors (Lipinski definition) is 7.